The van der Waals surface area contributed by atoms with Gasteiger partial charge in [-0.2, -0.15) is 10.2 Å². The molecule has 2 aromatic heterocycles. The van der Waals surface area contributed by atoms with E-state index < -0.39 is 0 Å². The van der Waals surface area contributed by atoms with E-state index in [9.17, 15) is 0 Å². The van der Waals surface area contributed by atoms with Crippen molar-refractivity contribution in [1.29, 1.82) is 0 Å². The van der Waals surface area contributed by atoms with Crippen LogP contribution in [0.5, 0.6) is 11.5 Å². The van der Waals surface area contributed by atoms with Crippen molar-refractivity contribution >= 4 is 23.2 Å². The molecule has 0 aliphatic rings. The summed E-state index contributed by atoms with van der Waals surface area (Å²) in [5.41, 5.74) is 9.58. The minimum absolute atomic E-state index is 0.700. The zero-order valence-corrected chi connectivity index (χ0v) is 30.0. The van der Waals surface area contributed by atoms with Crippen LogP contribution in [0.25, 0.3) is 56.4 Å². The standard InChI is InChI=1S/2C22H17ClN2O/c2*1-26-18-13-11-16(12-14-18)21-15-22(19-9-5-6-10-20(19)23)25(24-21)17-7-3-2-4-8-17/h2*2-15H,1H3. The first-order valence-electron chi connectivity index (χ1n) is 16.6. The van der Waals surface area contributed by atoms with Gasteiger partial charge in [-0.25, -0.2) is 9.36 Å². The van der Waals surface area contributed by atoms with E-state index in [4.69, 9.17) is 42.9 Å². The Morgan fingerprint density at radius 3 is 1.12 bits per heavy atom. The molecule has 0 radical (unpaired) electrons. The smallest absolute Gasteiger partial charge is 0.118 e. The number of rotatable bonds is 8. The van der Waals surface area contributed by atoms with Gasteiger partial charge in [-0.15, -0.1) is 0 Å². The number of aromatic nitrogens is 4. The van der Waals surface area contributed by atoms with Crippen LogP contribution in [-0.4, -0.2) is 33.8 Å². The van der Waals surface area contributed by atoms with Crippen molar-refractivity contribution in [3.8, 4) is 67.9 Å². The Hall–Kier alpha value is -6.08. The molecule has 0 fully saturated rings. The molecule has 0 spiro atoms. The molecular weight excluding hydrogens is 687 g/mol. The van der Waals surface area contributed by atoms with E-state index in [0.29, 0.717) is 10.0 Å². The number of benzene rings is 6. The summed E-state index contributed by atoms with van der Waals surface area (Å²) in [7, 11) is 3.32. The highest BCUT2D eigenvalue weighted by Crippen LogP contribution is 2.35. The largest absolute Gasteiger partial charge is 0.497 e. The van der Waals surface area contributed by atoms with Crippen LogP contribution in [0.2, 0.25) is 10.0 Å². The molecule has 0 saturated carbocycles. The van der Waals surface area contributed by atoms with Gasteiger partial charge in [-0.1, -0.05) is 96.0 Å². The zero-order valence-electron chi connectivity index (χ0n) is 28.5. The van der Waals surface area contributed by atoms with E-state index in [1.165, 1.54) is 0 Å². The fraction of sp³-hybridized carbons (Fsp3) is 0.0455. The maximum absolute atomic E-state index is 6.46. The summed E-state index contributed by atoms with van der Waals surface area (Å²) < 4.78 is 14.4. The second kappa shape index (κ2) is 15.9. The first-order valence-corrected chi connectivity index (χ1v) is 17.4. The van der Waals surface area contributed by atoms with Crippen LogP contribution in [0, 0.1) is 0 Å². The van der Waals surface area contributed by atoms with Gasteiger partial charge in [-0.3, -0.25) is 0 Å². The lowest BCUT2D eigenvalue weighted by atomic mass is 10.1. The lowest BCUT2D eigenvalue weighted by Crippen LogP contribution is -1.99. The molecule has 6 nitrogen and oxygen atoms in total. The molecule has 8 heteroatoms. The molecule has 0 atom stereocenters. The fourth-order valence-electron chi connectivity index (χ4n) is 5.82. The highest BCUT2D eigenvalue weighted by molar-refractivity contribution is 6.33. The normalized spacial score (nSPS) is 10.7. The molecule has 256 valence electrons. The van der Waals surface area contributed by atoms with Gasteiger partial charge in [0.2, 0.25) is 0 Å². The van der Waals surface area contributed by atoms with Gasteiger partial charge >= 0.3 is 0 Å². The minimum Gasteiger partial charge on any atom is -0.497 e. The van der Waals surface area contributed by atoms with Crippen molar-refractivity contribution in [2.75, 3.05) is 14.2 Å². The monoisotopic (exact) mass is 720 g/mol. The summed E-state index contributed by atoms with van der Waals surface area (Å²) >= 11 is 12.9. The summed E-state index contributed by atoms with van der Waals surface area (Å²) in [6.45, 7) is 0. The van der Waals surface area contributed by atoms with Gasteiger partial charge in [0.25, 0.3) is 0 Å². The molecule has 8 aromatic rings. The third-order valence-corrected chi connectivity index (χ3v) is 9.15. The zero-order chi connectivity index (χ0) is 35.9. The van der Waals surface area contributed by atoms with Crippen molar-refractivity contribution in [3.05, 3.63) is 180 Å². The molecule has 8 rings (SSSR count). The third-order valence-electron chi connectivity index (χ3n) is 8.49. The average Bonchev–Trinajstić information content (AvgIpc) is 3.86. The van der Waals surface area contributed by atoms with Crippen molar-refractivity contribution in [1.82, 2.24) is 19.6 Å². The molecule has 0 amide bonds. The van der Waals surface area contributed by atoms with Crippen LogP contribution in [0.4, 0.5) is 0 Å². The Bertz CT molecular complexity index is 2220. The number of methoxy groups -OCH3 is 2. The highest BCUT2D eigenvalue weighted by Gasteiger charge is 2.17. The summed E-state index contributed by atoms with van der Waals surface area (Å²) in [6.07, 6.45) is 0. The molecule has 52 heavy (non-hydrogen) atoms. The first kappa shape index (κ1) is 34.4. The lowest BCUT2D eigenvalue weighted by Gasteiger charge is -2.08. The lowest BCUT2D eigenvalue weighted by molar-refractivity contribution is 0.415. The molecule has 0 N–H and O–H groups in total. The summed E-state index contributed by atoms with van der Waals surface area (Å²) in [5.74, 6) is 1.64. The van der Waals surface area contributed by atoms with Crippen LogP contribution >= 0.6 is 23.2 Å². The molecular formula is C44H34Cl2N4O2. The molecule has 0 unspecified atom stereocenters. The number of halogens is 2. The third kappa shape index (κ3) is 7.49. The van der Waals surface area contributed by atoms with Crippen LogP contribution in [0.1, 0.15) is 0 Å². The quantitative estimate of drug-likeness (QED) is 0.157. The fourth-order valence-corrected chi connectivity index (χ4v) is 6.29. The van der Waals surface area contributed by atoms with Crippen LogP contribution in [0.15, 0.2) is 170 Å². The van der Waals surface area contributed by atoms with Gasteiger partial charge in [0.15, 0.2) is 0 Å². The average molecular weight is 722 g/mol. The van der Waals surface area contributed by atoms with E-state index >= 15 is 0 Å². The molecule has 0 bridgehead atoms. The summed E-state index contributed by atoms with van der Waals surface area (Å²) in [5, 5.41) is 11.1. The van der Waals surface area contributed by atoms with E-state index in [-0.39, 0.29) is 0 Å². The van der Waals surface area contributed by atoms with Crippen molar-refractivity contribution < 1.29 is 9.47 Å². The summed E-state index contributed by atoms with van der Waals surface area (Å²) in [4.78, 5) is 0. The summed E-state index contributed by atoms with van der Waals surface area (Å²) in [6, 6.07) is 55.7. The molecule has 6 aromatic carbocycles. The minimum atomic E-state index is 0.700. The molecule has 0 saturated heterocycles. The Morgan fingerprint density at radius 2 is 0.769 bits per heavy atom. The predicted molar refractivity (Wildman–Crippen MR) is 212 cm³/mol. The Kier molecular flexibility index (Phi) is 10.5. The number of ether oxygens (including phenoxy) is 2. The SMILES string of the molecule is COc1ccc(-c2cc(-c3ccccc3Cl)n(-c3ccccc3)n2)cc1.COc1ccc(-c2cc(-c3ccccc3Cl)n(-c3ccccc3)n2)cc1. The molecule has 0 aliphatic carbocycles. The molecule has 2 heterocycles. The topological polar surface area (TPSA) is 54.1 Å². The van der Waals surface area contributed by atoms with E-state index in [2.05, 4.69) is 12.1 Å². The second-order valence-electron chi connectivity index (χ2n) is 11.7. The number of hydrogen-bond acceptors (Lipinski definition) is 4. The Labute approximate surface area is 313 Å². The van der Waals surface area contributed by atoms with Gasteiger partial charge in [-0.05, 0) is 97.1 Å². The van der Waals surface area contributed by atoms with Crippen LogP contribution in [0.3, 0.4) is 0 Å². The number of hydrogen-bond donors (Lipinski definition) is 0. The second-order valence-corrected chi connectivity index (χ2v) is 12.6. The maximum atomic E-state index is 6.46. The van der Waals surface area contributed by atoms with Crippen molar-refractivity contribution in [3.63, 3.8) is 0 Å². The van der Waals surface area contributed by atoms with E-state index in [1.54, 1.807) is 14.2 Å². The van der Waals surface area contributed by atoms with Gasteiger partial charge in [0.05, 0.1) is 48.4 Å². The predicted octanol–water partition coefficient (Wildman–Crippen LogP) is 11.7. The van der Waals surface area contributed by atoms with Crippen LogP contribution < -0.4 is 9.47 Å². The number of nitrogens with zero attached hydrogens (tertiary/aromatic N) is 4. The van der Waals surface area contributed by atoms with Gasteiger partial charge < -0.3 is 9.47 Å². The maximum Gasteiger partial charge on any atom is 0.118 e. The Morgan fingerprint density at radius 1 is 0.423 bits per heavy atom. The van der Waals surface area contributed by atoms with E-state index in [0.717, 1.165) is 67.9 Å². The van der Waals surface area contributed by atoms with Gasteiger partial charge in [0.1, 0.15) is 11.5 Å². The Balaban J connectivity index is 0.000000162. The van der Waals surface area contributed by atoms with Crippen molar-refractivity contribution in [2.24, 2.45) is 0 Å². The van der Waals surface area contributed by atoms with Crippen LogP contribution in [-0.2, 0) is 0 Å². The first-order chi connectivity index (χ1) is 25.5. The number of para-hydroxylation sites is 2. The highest BCUT2D eigenvalue weighted by atomic mass is 35.5. The van der Waals surface area contributed by atoms with Gasteiger partial charge in [0, 0.05) is 32.3 Å². The van der Waals surface area contributed by atoms with E-state index in [1.807, 2.05) is 167 Å². The molecule has 0 aliphatic heterocycles. The van der Waals surface area contributed by atoms with Crippen molar-refractivity contribution in [2.45, 2.75) is 0 Å².